The van der Waals surface area contributed by atoms with Crippen LogP contribution in [0.3, 0.4) is 0 Å². The maximum Gasteiger partial charge on any atom is 0.160 e. The maximum atomic E-state index is 13.6. The minimum atomic E-state index is -0.390. The molecule has 3 N–H and O–H groups in total. The van der Waals surface area contributed by atoms with Crippen LogP contribution < -0.4 is 11.3 Å². The normalized spacial score (nSPS) is 18.6. The van der Waals surface area contributed by atoms with Gasteiger partial charge < -0.3 is 15.1 Å². The molecule has 1 heterocycles. The van der Waals surface area contributed by atoms with Crippen molar-refractivity contribution in [1.82, 2.24) is 10.3 Å². The standard InChI is InChI=1S/C10H17FN4O/c1-8(15-3-5-16-6-4-15)10(11)7-13-9(2)14-12/h7,14H,2-6,12H2,1H3/b10-8-,13-7?. The number of nitrogens with one attached hydrogen (secondary N) is 1. The van der Waals surface area contributed by atoms with Gasteiger partial charge in [-0.2, -0.15) is 0 Å². The van der Waals surface area contributed by atoms with Gasteiger partial charge in [-0.15, -0.1) is 0 Å². The Morgan fingerprint density at radius 2 is 2.19 bits per heavy atom. The monoisotopic (exact) mass is 228 g/mol. The van der Waals surface area contributed by atoms with Crippen molar-refractivity contribution in [2.45, 2.75) is 6.92 Å². The highest BCUT2D eigenvalue weighted by molar-refractivity contribution is 5.77. The second-order valence-electron chi connectivity index (χ2n) is 3.38. The zero-order valence-corrected chi connectivity index (χ0v) is 9.37. The van der Waals surface area contributed by atoms with Gasteiger partial charge in [0, 0.05) is 18.8 Å². The first kappa shape index (κ1) is 12.7. The zero-order valence-electron chi connectivity index (χ0n) is 9.37. The van der Waals surface area contributed by atoms with E-state index in [4.69, 9.17) is 10.6 Å². The Morgan fingerprint density at radius 1 is 1.56 bits per heavy atom. The highest BCUT2D eigenvalue weighted by atomic mass is 19.1. The molecule has 16 heavy (non-hydrogen) atoms. The molecule has 1 saturated heterocycles. The lowest BCUT2D eigenvalue weighted by Gasteiger charge is -2.29. The topological polar surface area (TPSA) is 62.9 Å². The molecule has 0 bridgehead atoms. The van der Waals surface area contributed by atoms with E-state index in [1.807, 2.05) is 4.90 Å². The number of nitrogens with zero attached hydrogens (tertiary/aromatic N) is 2. The predicted molar refractivity (Wildman–Crippen MR) is 61.2 cm³/mol. The van der Waals surface area contributed by atoms with E-state index in [0.29, 0.717) is 32.0 Å². The zero-order chi connectivity index (χ0) is 12.0. The van der Waals surface area contributed by atoms with Crippen molar-refractivity contribution < 1.29 is 9.13 Å². The molecule has 0 radical (unpaired) electrons. The maximum absolute atomic E-state index is 13.6. The molecular weight excluding hydrogens is 211 g/mol. The molecular formula is C10H17FN4O. The Balaban J connectivity index is 2.63. The number of ether oxygens (including phenoxy) is 1. The van der Waals surface area contributed by atoms with Crippen molar-refractivity contribution in [3.05, 3.63) is 23.9 Å². The van der Waals surface area contributed by atoms with Crippen LogP contribution in [-0.4, -0.2) is 37.4 Å². The smallest absolute Gasteiger partial charge is 0.160 e. The molecule has 1 fully saturated rings. The van der Waals surface area contributed by atoms with E-state index in [9.17, 15) is 4.39 Å². The van der Waals surface area contributed by atoms with Crippen LogP contribution in [0.15, 0.2) is 28.9 Å². The van der Waals surface area contributed by atoms with Crippen molar-refractivity contribution >= 4 is 6.21 Å². The quantitative estimate of drug-likeness (QED) is 0.418. The largest absolute Gasteiger partial charge is 0.378 e. The summed E-state index contributed by atoms with van der Waals surface area (Å²) in [4.78, 5) is 5.63. The second kappa shape index (κ2) is 6.24. The minimum Gasteiger partial charge on any atom is -0.378 e. The van der Waals surface area contributed by atoms with Crippen molar-refractivity contribution in [3.63, 3.8) is 0 Å². The molecule has 0 aromatic rings. The highest BCUT2D eigenvalue weighted by Gasteiger charge is 2.13. The number of rotatable bonds is 4. The molecule has 1 aliphatic rings. The van der Waals surface area contributed by atoms with Crippen LogP contribution in [0, 0.1) is 0 Å². The fourth-order valence-corrected chi connectivity index (χ4v) is 1.32. The van der Waals surface area contributed by atoms with Gasteiger partial charge in [0.25, 0.3) is 0 Å². The van der Waals surface area contributed by atoms with Gasteiger partial charge in [0.2, 0.25) is 0 Å². The lowest BCUT2D eigenvalue weighted by molar-refractivity contribution is 0.0528. The Labute approximate surface area is 94.4 Å². The fourth-order valence-electron chi connectivity index (χ4n) is 1.32. The summed E-state index contributed by atoms with van der Waals surface area (Å²) in [6.07, 6.45) is 1.10. The average Bonchev–Trinajstić information content (AvgIpc) is 2.35. The van der Waals surface area contributed by atoms with Crippen LogP contribution in [0.1, 0.15) is 6.92 Å². The Kier molecular flexibility index (Phi) is 4.94. The summed E-state index contributed by atoms with van der Waals surface area (Å²) in [5, 5.41) is 0. The van der Waals surface area contributed by atoms with Crippen molar-refractivity contribution in [3.8, 4) is 0 Å². The summed E-state index contributed by atoms with van der Waals surface area (Å²) in [7, 11) is 0. The molecule has 1 aliphatic heterocycles. The molecule has 1 rings (SSSR count). The Bertz CT molecular complexity index is 308. The molecule has 0 aliphatic carbocycles. The second-order valence-corrected chi connectivity index (χ2v) is 3.38. The van der Waals surface area contributed by atoms with E-state index in [1.54, 1.807) is 6.92 Å². The van der Waals surface area contributed by atoms with Gasteiger partial charge in [0.1, 0.15) is 5.82 Å². The lowest BCUT2D eigenvalue weighted by Crippen LogP contribution is -2.35. The van der Waals surface area contributed by atoms with E-state index < -0.39 is 5.83 Å². The first-order valence-corrected chi connectivity index (χ1v) is 5.04. The predicted octanol–water partition coefficient (Wildman–Crippen LogP) is 0.525. The van der Waals surface area contributed by atoms with Crippen LogP contribution in [-0.2, 0) is 4.74 Å². The first-order valence-electron chi connectivity index (χ1n) is 5.04. The third kappa shape index (κ3) is 3.63. The van der Waals surface area contributed by atoms with Crippen LogP contribution in [0.2, 0.25) is 0 Å². The van der Waals surface area contributed by atoms with Gasteiger partial charge in [-0.3, -0.25) is 0 Å². The van der Waals surface area contributed by atoms with Crippen molar-refractivity contribution in [1.29, 1.82) is 0 Å². The summed E-state index contributed by atoms with van der Waals surface area (Å²) >= 11 is 0. The number of halogens is 1. The SMILES string of the molecule is C=C(N=C/C(F)=C(\C)N1CCOCC1)NN. The molecule has 6 heteroatoms. The first-order chi connectivity index (χ1) is 7.65. The summed E-state index contributed by atoms with van der Waals surface area (Å²) in [5.41, 5.74) is 2.78. The van der Waals surface area contributed by atoms with Gasteiger partial charge in [-0.1, -0.05) is 6.58 Å². The number of hydrogen-bond donors (Lipinski definition) is 2. The van der Waals surface area contributed by atoms with Crippen LogP contribution >= 0.6 is 0 Å². The number of nitrogens with two attached hydrogens (primary N) is 1. The molecule has 0 spiro atoms. The van der Waals surface area contributed by atoms with Gasteiger partial charge in [0.15, 0.2) is 5.83 Å². The average molecular weight is 228 g/mol. The number of morpholine rings is 1. The summed E-state index contributed by atoms with van der Waals surface area (Å²) in [5.74, 6) is 4.87. The summed E-state index contributed by atoms with van der Waals surface area (Å²) in [6, 6.07) is 0. The van der Waals surface area contributed by atoms with Crippen LogP contribution in [0.4, 0.5) is 4.39 Å². The van der Waals surface area contributed by atoms with E-state index in [0.717, 1.165) is 6.21 Å². The van der Waals surface area contributed by atoms with Gasteiger partial charge in [0.05, 0.1) is 19.4 Å². The number of allylic oxidation sites excluding steroid dienone is 2. The molecule has 90 valence electrons. The summed E-state index contributed by atoms with van der Waals surface area (Å²) in [6.45, 7) is 7.82. The molecule has 0 aromatic heterocycles. The lowest BCUT2D eigenvalue weighted by atomic mass is 10.3. The minimum absolute atomic E-state index is 0.213. The van der Waals surface area contributed by atoms with E-state index in [2.05, 4.69) is 17.0 Å². The van der Waals surface area contributed by atoms with E-state index in [-0.39, 0.29) is 5.82 Å². The van der Waals surface area contributed by atoms with Crippen molar-refractivity contribution in [2.24, 2.45) is 10.8 Å². The molecule has 0 aromatic carbocycles. The Hall–Kier alpha value is -1.40. The third-order valence-corrected chi connectivity index (χ3v) is 2.33. The van der Waals surface area contributed by atoms with Crippen molar-refractivity contribution in [2.75, 3.05) is 26.3 Å². The molecule has 0 amide bonds. The Morgan fingerprint density at radius 3 is 2.75 bits per heavy atom. The highest BCUT2D eigenvalue weighted by Crippen LogP contribution is 2.12. The summed E-state index contributed by atoms with van der Waals surface area (Å²) < 4.78 is 18.8. The molecule has 0 atom stereocenters. The number of hydrogen-bond acceptors (Lipinski definition) is 5. The van der Waals surface area contributed by atoms with Gasteiger partial charge in [-0.25, -0.2) is 15.2 Å². The van der Waals surface area contributed by atoms with Crippen LogP contribution in [0.25, 0.3) is 0 Å². The number of aliphatic imine (C=N–C) groups is 1. The number of hydrazine groups is 1. The van der Waals surface area contributed by atoms with Gasteiger partial charge in [-0.05, 0) is 6.92 Å². The molecule has 0 unspecified atom stereocenters. The van der Waals surface area contributed by atoms with E-state index >= 15 is 0 Å². The van der Waals surface area contributed by atoms with Crippen LogP contribution in [0.5, 0.6) is 0 Å². The van der Waals surface area contributed by atoms with Gasteiger partial charge >= 0.3 is 0 Å². The molecule has 5 nitrogen and oxygen atoms in total. The molecule has 0 saturated carbocycles. The van der Waals surface area contributed by atoms with E-state index in [1.165, 1.54) is 0 Å². The fraction of sp³-hybridized carbons (Fsp3) is 0.500. The third-order valence-electron chi connectivity index (χ3n) is 2.33.